The minimum atomic E-state index is -4.19. The van der Waals surface area contributed by atoms with Crippen LogP contribution >= 0.6 is 39.1 Å². The Bertz CT molecular complexity index is 1400. The number of nitrogens with zero attached hydrogens (tertiary/aromatic N) is 2. The molecule has 2 amide bonds. The van der Waals surface area contributed by atoms with Crippen molar-refractivity contribution in [3.63, 3.8) is 0 Å². The second-order valence-corrected chi connectivity index (χ2v) is 12.2. The SMILES string of the molecule is CCNC(=O)[C@H](C)N(Cc1ccc(Br)cc1)C(=O)CN(c1ccc(Cl)c(Cl)c1)S(=O)(=O)c1ccc(C)cc1. The highest BCUT2D eigenvalue weighted by atomic mass is 79.9. The van der Waals surface area contributed by atoms with Gasteiger partial charge in [-0.05, 0) is 68.8 Å². The second-order valence-electron chi connectivity index (χ2n) is 8.64. The van der Waals surface area contributed by atoms with Crippen LogP contribution in [0.4, 0.5) is 5.69 Å². The number of benzene rings is 3. The highest BCUT2D eigenvalue weighted by molar-refractivity contribution is 9.10. The van der Waals surface area contributed by atoms with E-state index in [2.05, 4.69) is 21.2 Å². The summed E-state index contributed by atoms with van der Waals surface area (Å²) < 4.78 is 29.4. The van der Waals surface area contributed by atoms with Crippen molar-refractivity contribution in [3.05, 3.63) is 92.4 Å². The summed E-state index contributed by atoms with van der Waals surface area (Å²) >= 11 is 15.7. The minimum absolute atomic E-state index is 0.0122. The van der Waals surface area contributed by atoms with Crippen LogP contribution in [0, 0.1) is 6.92 Å². The Morgan fingerprint density at radius 2 is 1.61 bits per heavy atom. The number of nitrogens with one attached hydrogen (secondary N) is 1. The molecule has 1 atom stereocenters. The highest BCUT2D eigenvalue weighted by Crippen LogP contribution is 2.31. The zero-order valence-electron chi connectivity index (χ0n) is 21.1. The van der Waals surface area contributed by atoms with Gasteiger partial charge >= 0.3 is 0 Å². The third-order valence-corrected chi connectivity index (χ3v) is 8.92. The van der Waals surface area contributed by atoms with Gasteiger partial charge in [-0.2, -0.15) is 0 Å². The normalized spacial score (nSPS) is 12.1. The number of amides is 2. The van der Waals surface area contributed by atoms with Gasteiger partial charge in [0.2, 0.25) is 11.8 Å². The molecule has 0 spiro atoms. The first-order valence-electron chi connectivity index (χ1n) is 11.8. The third-order valence-electron chi connectivity index (χ3n) is 5.86. The van der Waals surface area contributed by atoms with Gasteiger partial charge in [0, 0.05) is 17.6 Å². The summed E-state index contributed by atoms with van der Waals surface area (Å²) in [5, 5.41) is 3.12. The second kappa shape index (κ2) is 13.0. The summed E-state index contributed by atoms with van der Waals surface area (Å²) in [5.74, 6) is -0.908. The zero-order chi connectivity index (χ0) is 28.0. The van der Waals surface area contributed by atoms with Gasteiger partial charge < -0.3 is 10.2 Å². The molecule has 0 bridgehead atoms. The number of anilines is 1. The molecule has 0 aliphatic carbocycles. The first kappa shape index (κ1) is 30.0. The minimum Gasteiger partial charge on any atom is -0.355 e. The van der Waals surface area contributed by atoms with Gasteiger partial charge in [-0.1, -0.05) is 69.0 Å². The van der Waals surface area contributed by atoms with Gasteiger partial charge in [-0.25, -0.2) is 8.42 Å². The Kier molecular flexibility index (Phi) is 10.2. The van der Waals surface area contributed by atoms with E-state index < -0.39 is 28.5 Å². The van der Waals surface area contributed by atoms with E-state index >= 15 is 0 Å². The van der Waals surface area contributed by atoms with Crippen LogP contribution in [0.3, 0.4) is 0 Å². The van der Waals surface area contributed by atoms with E-state index in [0.29, 0.717) is 6.54 Å². The van der Waals surface area contributed by atoms with Crippen molar-refractivity contribution in [2.45, 2.75) is 38.3 Å². The van der Waals surface area contributed by atoms with Crippen molar-refractivity contribution < 1.29 is 18.0 Å². The third kappa shape index (κ3) is 7.28. The Hall–Kier alpha value is -2.59. The van der Waals surface area contributed by atoms with Crippen molar-refractivity contribution >= 4 is 66.7 Å². The van der Waals surface area contributed by atoms with Crippen molar-refractivity contribution in [1.82, 2.24) is 10.2 Å². The molecule has 0 radical (unpaired) electrons. The first-order valence-corrected chi connectivity index (χ1v) is 14.8. The number of halogens is 3. The predicted molar refractivity (Wildman–Crippen MR) is 155 cm³/mol. The fourth-order valence-electron chi connectivity index (χ4n) is 3.70. The van der Waals surface area contributed by atoms with Crippen LogP contribution < -0.4 is 9.62 Å². The molecule has 0 saturated carbocycles. The molecule has 3 rings (SSSR count). The molecule has 0 heterocycles. The molecule has 202 valence electrons. The number of aryl methyl sites for hydroxylation is 1. The average Bonchev–Trinajstić information content (AvgIpc) is 2.88. The number of likely N-dealkylation sites (N-methyl/N-ethyl adjacent to an activating group) is 1. The van der Waals surface area contributed by atoms with Crippen LogP contribution in [0.15, 0.2) is 76.1 Å². The molecule has 1 N–H and O–H groups in total. The van der Waals surface area contributed by atoms with Gasteiger partial charge in [0.1, 0.15) is 12.6 Å². The Morgan fingerprint density at radius 1 is 0.974 bits per heavy atom. The lowest BCUT2D eigenvalue weighted by Crippen LogP contribution is -2.51. The first-order chi connectivity index (χ1) is 17.9. The van der Waals surface area contributed by atoms with E-state index in [1.54, 1.807) is 26.0 Å². The van der Waals surface area contributed by atoms with E-state index in [0.717, 1.165) is 19.9 Å². The van der Waals surface area contributed by atoms with Gasteiger partial charge in [-0.3, -0.25) is 13.9 Å². The molecule has 38 heavy (non-hydrogen) atoms. The molecule has 0 unspecified atom stereocenters. The Balaban J connectivity index is 2.05. The number of carbonyl (C=O) groups excluding carboxylic acids is 2. The van der Waals surface area contributed by atoms with Gasteiger partial charge in [0.05, 0.1) is 20.6 Å². The summed E-state index contributed by atoms with van der Waals surface area (Å²) in [5.41, 5.74) is 1.83. The van der Waals surface area contributed by atoms with Gasteiger partial charge in [0.25, 0.3) is 10.0 Å². The smallest absolute Gasteiger partial charge is 0.264 e. The van der Waals surface area contributed by atoms with E-state index in [1.165, 1.54) is 35.2 Å². The van der Waals surface area contributed by atoms with E-state index in [1.807, 2.05) is 31.2 Å². The van der Waals surface area contributed by atoms with Gasteiger partial charge in [-0.15, -0.1) is 0 Å². The molecule has 3 aromatic rings. The fraction of sp³-hybridized carbons (Fsp3) is 0.259. The number of sulfonamides is 1. The monoisotopic (exact) mass is 639 g/mol. The lowest BCUT2D eigenvalue weighted by Gasteiger charge is -2.32. The van der Waals surface area contributed by atoms with E-state index in [9.17, 15) is 18.0 Å². The van der Waals surface area contributed by atoms with Crippen molar-refractivity contribution in [1.29, 1.82) is 0 Å². The molecule has 11 heteroatoms. The highest BCUT2D eigenvalue weighted by Gasteiger charge is 2.32. The van der Waals surface area contributed by atoms with E-state index in [4.69, 9.17) is 23.2 Å². The summed E-state index contributed by atoms with van der Waals surface area (Å²) in [6.45, 7) is 5.17. The topological polar surface area (TPSA) is 86.8 Å². The molecule has 0 fully saturated rings. The van der Waals surface area contributed by atoms with Crippen molar-refractivity contribution in [2.75, 3.05) is 17.4 Å². The number of hydrogen-bond acceptors (Lipinski definition) is 4. The zero-order valence-corrected chi connectivity index (χ0v) is 25.0. The fourth-order valence-corrected chi connectivity index (χ4v) is 5.66. The molecular formula is C27H28BrCl2N3O4S. The van der Waals surface area contributed by atoms with Crippen LogP contribution in [0.5, 0.6) is 0 Å². The van der Waals surface area contributed by atoms with Crippen LogP contribution in [0.25, 0.3) is 0 Å². The molecule has 0 saturated heterocycles. The summed E-state index contributed by atoms with van der Waals surface area (Å²) in [6.07, 6.45) is 0. The molecule has 0 aliphatic heterocycles. The van der Waals surface area contributed by atoms with Crippen molar-refractivity contribution in [3.8, 4) is 0 Å². The molecule has 0 aliphatic rings. The van der Waals surface area contributed by atoms with Crippen LogP contribution in [-0.4, -0.2) is 44.3 Å². The average molecular weight is 641 g/mol. The standard InChI is InChI=1S/C27H28BrCl2N3O4S/c1-4-31-27(35)19(3)32(16-20-7-9-21(28)10-8-20)26(34)17-33(22-11-14-24(29)25(30)15-22)38(36,37)23-12-5-18(2)6-13-23/h5-15,19H,4,16-17H2,1-3H3,(H,31,35)/t19-/m0/s1. The van der Waals surface area contributed by atoms with E-state index in [-0.39, 0.29) is 33.1 Å². The largest absolute Gasteiger partial charge is 0.355 e. The number of rotatable bonds is 10. The molecule has 3 aromatic carbocycles. The lowest BCUT2D eigenvalue weighted by molar-refractivity contribution is -0.139. The quantitative estimate of drug-likeness (QED) is 0.303. The maximum atomic E-state index is 13.8. The number of hydrogen-bond donors (Lipinski definition) is 1. The summed E-state index contributed by atoms with van der Waals surface area (Å²) in [4.78, 5) is 27.9. The molecule has 7 nitrogen and oxygen atoms in total. The Labute approximate surface area is 241 Å². The molecule has 0 aromatic heterocycles. The van der Waals surface area contributed by atoms with Crippen LogP contribution in [0.2, 0.25) is 10.0 Å². The summed E-state index contributed by atoms with van der Waals surface area (Å²) in [7, 11) is -4.19. The Morgan fingerprint density at radius 3 is 2.18 bits per heavy atom. The molecular weight excluding hydrogens is 613 g/mol. The lowest BCUT2D eigenvalue weighted by atomic mass is 10.1. The van der Waals surface area contributed by atoms with Crippen LogP contribution in [-0.2, 0) is 26.2 Å². The number of carbonyl (C=O) groups is 2. The van der Waals surface area contributed by atoms with Crippen molar-refractivity contribution in [2.24, 2.45) is 0 Å². The maximum absolute atomic E-state index is 13.8. The maximum Gasteiger partial charge on any atom is 0.264 e. The summed E-state index contributed by atoms with van der Waals surface area (Å²) in [6, 6.07) is 17.1. The van der Waals surface area contributed by atoms with Gasteiger partial charge in [0.15, 0.2) is 0 Å². The predicted octanol–water partition coefficient (Wildman–Crippen LogP) is 5.81. The van der Waals surface area contributed by atoms with Crippen LogP contribution in [0.1, 0.15) is 25.0 Å².